The van der Waals surface area contributed by atoms with Crippen molar-refractivity contribution in [3.63, 3.8) is 0 Å². The number of ether oxygens (including phenoxy) is 1. The molecule has 0 unspecified atom stereocenters. The molecule has 0 atom stereocenters. The van der Waals surface area contributed by atoms with E-state index in [1.54, 1.807) is 18.6 Å². The van der Waals surface area contributed by atoms with Crippen molar-refractivity contribution >= 4 is 17.3 Å². The summed E-state index contributed by atoms with van der Waals surface area (Å²) < 4.78 is 5.69. The number of nitrogens with one attached hydrogen (secondary N) is 2. The lowest BCUT2D eigenvalue weighted by atomic mass is 9.99. The number of fused-ring (bicyclic) bond motifs is 1. The van der Waals surface area contributed by atoms with Crippen LogP contribution < -0.4 is 5.32 Å². The highest BCUT2D eigenvalue weighted by molar-refractivity contribution is 5.98. The van der Waals surface area contributed by atoms with Crippen LogP contribution in [0.4, 0.5) is 11.5 Å². The van der Waals surface area contributed by atoms with Gasteiger partial charge in [-0.1, -0.05) is 30.3 Å². The number of aromatic nitrogens is 5. The summed E-state index contributed by atoms with van der Waals surface area (Å²) in [6.07, 6.45) is 7.26. The van der Waals surface area contributed by atoms with Crippen LogP contribution in [0.5, 0.6) is 0 Å². The smallest absolute Gasteiger partial charge is 0.169 e. The van der Waals surface area contributed by atoms with E-state index in [0.29, 0.717) is 24.6 Å². The van der Waals surface area contributed by atoms with Crippen LogP contribution in [0.1, 0.15) is 32.7 Å². The van der Waals surface area contributed by atoms with Gasteiger partial charge in [-0.3, -0.25) is 14.9 Å². The number of H-pyrrole nitrogens is 1. The third-order valence-electron chi connectivity index (χ3n) is 6.45. The average Bonchev–Trinajstić information content (AvgIpc) is 3.62. The number of pyridine rings is 1. The molecule has 2 N–H and O–H groups in total. The summed E-state index contributed by atoms with van der Waals surface area (Å²) >= 11 is 0. The minimum absolute atomic E-state index is 0.0345. The Kier molecular flexibility index (Phi) is 6.00. The average molecular weight is 489 g/mol. The molecule has 182 valence electrons. The number of anilines is 2. The van der Waals surface area contributed by atoms with Crippen LogP contribution in [0.25, 0.3) is 22.5 Å². The molecule has 8 heteroatoms. The van der Waals surface area contributed by atoms with Crippen molar-refractivity contribution in [2.45, 2.75) is 26.6 Å². The van der Waals surface area contributed by atoms with Gasteiger partial charge in [0.25, 0.3) is 0 Å². The predicted octanol–water partition coefficient (Wildman–Crippen LogP) is 5.44. The molecule has 0 radical (unpaired) electrons. The summed E-state index contributed by atoms with van der Waals surface area (Å²) in [5.74, 6) is 1.35. The molecule has 0 spiro atoms. The third-order valence-corrected chi connectivity index (χ3v) is 6.45. The summed E-state index contributed by atoms with van der Waals surface area (Å²) in [4.78, 5) is 26.6. The molecule has 8 nitrogen and oxygen atoms in total. The van der Waals surface area contributed by atoms with Crippen molar-refractivity contribution < 1.29 is 9.53 Å². The Morgan fingerprint density at radius 1 is 1.00 bits per heavy atom. The quantitative estimate of drug-likeness (QED) is 0.294. The molecule has 0 fully saturated rings. The highest BCUT2D eigenvalue weighted by Crippen LogP contribution is 2.31. The SMILES string of the molecule is Cc1ccncc1C(=O)Cc1cccc(-c2nc3c(c(Nc4ccc(-c5cn[nH]c5)cc4)n2)COC3)c1. The van der Waals surface area contributed by atoms with Crippen LogP contribution in [0, 0.1) is 6.92 Å². The van der Waals surface area contributed by atoms with Gasteiger partial charge in [0.2, 0.25) is 0 Å². The van der Waals surface area contributed by atoms with Crippen LogP contribution in [0.15, 0.2) is 79.4 Å². The van der Waals surface area contributed by atoms with Gasteiger partial charge in [-0.2, -0.15) is 5.10 Å². The Labute approximate surface area is 213 Å². The molecule has 0 saturated carbocycles. The number of hydrogen-bond donors (Lipinski definition) is 2. The monoisotopic (exact) mass is 488 g/mol. The second-order valence-corrected chi connectivity index (χ2v) is 8.99. The maximum Gasteiger partial charge on any atom is 0.169 e. The second-order valence-electron chi connectivity index (χ2n) is 8.99. The van der Waals surface area contributed by atoms with Crippen LogP contribution in [0.3, 0.4) is 0 Å². The van der Waals surface area contributed by atoms with Gasteiger partial charge in [0.15, 0.2) is 11.6 Å². The number of ketones is 1. The number of aromatic amines is 1. The van der Waals surface area contributed by atoms with Crippen molar-refractivity contribution in [3.05, 3.63) is 107 Å². The molecule has 0 aliphatic carbocycles. The first kappa shape index (κ1) is 22.8. The number of hydrogen-bond acceptors (Lipinski definition) is 7. The number of aryl methyl sites for hydroxylation is 1. The molecule has 6 rings (SSSR count). The molecule has 1 aliphatic heterocycles. The first-order valence-electron chi connectivity index (χ1n) is 12.0. The Hall–Kier alpha value is -4.69. The van der Waals surface area contributed by atoms with Gasteiger partial charge >= 0.3 is 0 Å². The summed E-state index contributed by atoms with van der Waals surface area (Å²) in [6, 6.07) is 17.8. The van der Waals surface area contributed by atoms with E-state index >= 15 is 0 Å². The molecule has 0 bridgehead atoms. The van der Waals surface area contributed by atoms with Gasteiger partial charge in [-0.05, 0) is 47.9 Å². The fourth-order valence-corrected chi connectivity index (χ4v) is 4.43. The lowest BCUT2D eigenvalue weighted by Gasteiger charge is -2.12. The molecule has 37 heavy (non-hydrogen) atoms. The highest BCUT2D eigenvalue weighted by Gasteiger charge is 2.21. The standard InChI is InChI=1S/C29H24N6O2/c1-18-9-10-30-15-24(18)27(36)12-19-3-2-4-21(11-19)28-34-26-17-37-16-25(26)29(35-28)33-23-7-5-20(6-8-23)22-13-31-32-14-22/h2-11,13-15H,12,16-17H2,1H3,(H,31,32)(H,33,34,35). The van der Waals surface area contributed by atoms with E-state index in [2.05, 4.69) is 20.5 Å². The van der Waals surface area contributed by atoms with Gasteiger partial charge in [0, 0.05) is 53.0 Å². The minimum atomic E-state index is 0.0345. The van der Waals surface area contributed by atoms with Gasteiger partial charge in [-0.25, -0.2) is 9.97 Å². The number of rotatable bonds is 7. The number of Topliss-reactive ketones (excluding diaryl/α,β-unsaturated/α-hetero) is 1. The van der Waals surface area contributed by atoms with E-state index in [1.807, 2.05) is 67.7 Å². The summed E-state index contributed by atoms with van der Waals surface area (Å²) in [6.45, 7) is 2.83. The normalized spacial score (nSPS) is 12.4. The van der Waals surface area contributed by atoms with Crippen LogP contribution >= 0.6 is 0 Å². The van der Waals surface area contributed by atoms with Crippen molar-refractivity contribution in [2.24, 2.45) is 0 Å². The first-order chi connectivity index (χ1) is 18.1. The molecule has 0 saturated heterocycles. The van der Waals surface area contributed by atoms with Crippen molar-refractivity contribution in [1.82, 2.24) is 25.1 Å². The van der Waals surface area contributed by atoms with Crippen LogP contribution in [-0.2, 0) is 24.4 Å². The van der Waals surface area contributed by atoms with Crippen molar-refractivity contribution in [1.29, 1.82) is 0 Å². The predicted molar refractivity (Wildman–Crippen MR) is 140 cm³/mol. The number of benzene rings is 2. The third kappa shape index (κ3) is 4.74. The Balaban J connectivity index is 1.28. The molecule has 3 aromatic heterocycles. The van der Waals surface area contributed by atoms with Crippen molar-refractivity contribution in [3.8, 4) is 22.5 Å². The van der Waals surface area contributed by atoms with Crippen molar-refractivity contribution in [2.75, 3.05) is 5.32 Å². The molecule has 4 heterocycles. The van der Waals surface area contributed by atoms with Crippen LogP contribution in [0.2, 0.25) is 0 Å². The molecule has 0 amide bonds. The summed E-state index contributed by atoms with van der Waals surface area (Å²) in [7, 11) is 0. The van der Waals surface area contributed by atoms with E-state index in [0.717, 1.165) is 50.6 Å². The number of carbonyl (C=O) groups excluding carboxylic acids is 1. The molecular weight excluding hydrogens is 464 g/mol. The van der Waals surface area contributed by atoms with Gasteiger partial charge in [0.1, 0.15) is 5.82 Å². The Morgan fingerprint density at radius 3 is 2.70 bits per heavy atom. The molecule has 1 aliphatic rings. The summed E-state index contributed by atoms with van der Waals surface area (Å²) in [5, 5.41) is 10.3. The fourth-order valence-electron chi connectivity index (χ4n) is 4.43. The van der Waals surface area contributed by atoms with E-state index in [9.17, 15) is 4.79 Å². The van der Waals surface area contributed by atoms with E-state index in [4.69, 9.17) is 14.7 Å². The Bertz CT molecular complexity index is 1580. The minimum Gasteiger partial charge on any atom is -0.370 e. The lowest BCUT2D eigenvalue weighted by Crippen LogP contribution is -2.07. The lowest BCUT2D eigenvalue weighted by molar-refractivity contribution is 0.0992. The van der Waals surface area contributed by atoms with E-state index < -0.39 is 0 Å². The first-order valence-corrected chi connectivity index (χ1v) is 12.0. The largest absolute Gasteiger partial charge is 0.370 e. The zero-order chi connectivity index (χ0) is 25.2. The zero-order valence-electron chi connectivity index (χ0n) is 20.2. The van der Waals surface area contributed by atoms with E-state index in [1.165, 1.54) is 0 Å². The topological polar surface area (TPSA) is 106 Å². The number of carbonyl (C=O) groups is 1. The van der Waals surface area contributed by atoms with Gasteiger partial charge < -0.3 is 10.1 Å². The fraction of sp³-hybridized carbons (Fsp3) is 0.138. The zero-order valence-corrected chi connectivity index (χ0v) is 20.2. The Morgan fingerprint density at radius 2 is 1.89 bits per heavy atom. The van der Waals surface area contributed by atoms with E-state index in [-0.39, 0.29) is 12.2 Å². The van der Waals surface area contributed by atoms with Gasteiger partial charge in [0.05, 0.1) is 25.1 Å². The number of nitrogens with zero attached hydrogens (tertiary/aromatic N) is 4. The van der Waals surface area contributed by atoms with Gasteiger partial charge in [-0.15, -0.1) is 0 Å². The molecule has 2 aromatic carbocycles. The molecule has 5 aromatic rings. The summed E-state index contributed by atoms with van der Waals surface area (Å²) in [5.41, 5.74) is 8.16. The highest BCUT2D eigenvalue weighted by atomic mass is 16.5. The second kappa shape index (κ2) is 9.75. The maximum absolute atomic E-state index is 12.9. The van der Waals surface area contributed by atoms with Crippen LogP contribution in [-0.4, -0.2) is 30.9 Å². The molecular formula is C29H24N6O2. The maximum atomic E-state index is 12.9.